The summed E-state index contributed by atoms with van der Waals surface area (Å²) < 4.78 is 9.07. The Hall–Kier alpha value is -0.280. The second-order valence-electron chi connectivity index (χ2n) is 8.70. The van der Waals surface area contributed by atoms with E-state index in [0.717, 1.165) is 24.3 Å². The van der Waals surface area contributed by atoms with Crippen molar-refractivity contribution in [3.05, 3.63) is 46.8 Å². The fourth-order valence-corrected chi connectivity index (χ4v) is 4.86. The summed E-state index contributed by atoms with van der Waals surface area (Å²) in [6.07, 6.45) is -0.222. The van der Waals surface area contributed by atoms with Crippen molar-refractivity contribution in [2.45, 2.75) is 40.2 Å². The van der Waals surface area contributed by atoms with Gasteiger partial charge in [0.1, 0.15) is 5.60 Å². The lowest BCUT2D eigenvalue weighted by molar-refractivity contribution is -0.0000527. The summed E-state index contributed by atoms with van der Waals surface area (Å²) >= 11 is 1.80. The van der Waals surface area contributed by atoms with E-state index in [2.05, 4.69) is 48.8 Å². The first kappa shape index (κ1) is 29.8. The molecular weight excluding hydrogens is 763 g/mol. The number of piperazine rings is 1. The first-order valence-corrected chi connectivity index (χ1v) is 10.9. The van der Waals surface area contributed by atoms with Crippen LogP contribution in [-0.2, 0) is 4.74 Å². The molecular formula is C23H30I3N3O2S. The number of rotatable bonds is 0. The first-order chi connectivity index (χ1) is 13.7. The van der Waals surface area contributed by atoms with Crippen LogP contribution in [0.15, 0.2) is 30.3 Å². The van der Waals surface area contributed by atoms with Crippen LogP contribution in [0.4, 0.5) is 4.79 Å². The second-order valence-corrected chi connectivity index (χ2v) is 9.78. The van der Waals surface area contributed by atoms with Crippen LogP contribution in [0.3, 0.4) is 0 Å². The summed E-state index contributed by atoms with van der Waals surface area (Å²) in [5.41, 5.74) is 4.11. The minimum absolute atomic E-state index is 0. The summed E-state index contributed by atoms with van der Waals surface area (Å²) in [4.78, 5) is 20.3. The van der Waals surface area contributed by atoms with E-state index in [0.29, 0.717) is 13.1 Å². The molecule has 0 aromatic heterocycles. The number of benzene rings is 2. The van der Waals surface area contributed by atoms with Gasteiger partial charge in [-0.2, -0.15) is 0 Å². The van der Waals surface area contributed by atoms with Crippen molar-refractivity contribution in [3.63, 3.8) is 0 Å². The standard InChI is InChI=1S/C23H28N3O2S.3HI/c1-15-7-6-8-18-20(15)24-21-16(2)13-17(14-19(21)29-18)25-9-11-26(12-10-25)22(27)28-23(3,4)5;;;/h6-8,13-14H,9-12H2,1-5H3;3*1H/q+1;;;/p-1. The van der Waals surface area contributed by atoms with E-state index < -0.39 is 5.60 Å². The summed E-state index contributed by atoms with van der Waals surface area (Å²) in [5.74, 6) is 0. The number of nitrogens with zero attached hydrogens (tertiary/aromatic N) is 3. The molecule has 2 aliphatic heterocycles. The molecule has 176 valence electrons. The number of para-hydroxylation sites is 1. The Bertz CT molecular complexity index is 1130. The third kappa shape index (κ3) is 6.65. The molecule has 2 heterocycles. The van der Waals surface area contributed by atoms with Crippen molar-refractivity contribution in [3.8, 4) is 10.6 Å². The maximum Gasteiger partial charge on any atom is 0.410 e. The van der Waals surface area contributed by atoms with Gasteiger partial charge in [-0.05, 0) is 51.8 Å². The molecule has 0 saturated carbocycles. The monoisotopic (exact) mass is 793 g/mol. The Morgan fingerprint density at radius 1 is 1.09 bits per heavy atom. The molecule has 0 atom stereocenters. The number of aromatic nitrogens is 1. The third-order valence-electron chi connectivity index (χ3n) is 5.19. The molecule has 0 N–H and O–H groups in total. The van der Waals surface area contributed by atoms with Crippen molar-refractivity contribution < 1.29 is 33.5 Å². The number of ether oxygens (including phenoxy) is 1. The quantitative estimate of drug-likeness (QED) is 0.200. The normalized spacial score (nSPS) is 13.8. The van der Waals surface area contributed by atoms with Crippen LogP contribution in [0.25, 0.3) is 20.8 Å². The Morgan fingerprint density at radius 2 is 1.75 bits per heavy atom. The van der Waals surface area contributed by atoms with Crippen molar-refractivity contribution in [2.75, 3.05) is 26.2 Å². The Balaban J connectivity index is 0.00000171. The number of hydrogen-bond acceptors (Lipinski definition) is 4. The maximum absolute atomic E-state index is 12.3. The number of carbonyl (C=O) groups excluding carboxylic acids is 1. The molecule has 1 amide bonds. The number of aryl methyl sites for hydroxylation is 2. The van der Waals surface area contributed by atoms with Crippen molar-refractivity contribution in [1.29, 1.82) is 0 Å². The van der Waals surface area contributed by atoms with Gasteiger partial charge in [0.05, 0.1) is 33.9 Å². The van der Waals surface area contributed by atoms with Gasteiger partial charge in [-0.3, -0.25) is 4.90 Å². The van der Waals surface area contributed by atoms with Crippen LogP contribution in [0.5, 0.6) is 0 Å². The molecule has 3 aliphatic rings. The predicted molar refractivity (Wildman–Crippen MR) is 149 cm³/mol. The fourth-order valence-electron chi connectivity index (χ4n) is 3.69. The molecule has 0 radical (unpaired) electrons. The highest BCUT2D eigenvalue weighted by Gasteiger charge is 2.28. The number of fused-ring (bicyclic) bond motifs is 2. The number of hydrogen-bond donors (Lipinski definition) is 0. The van der Waals surface area contributed by atoms with E-state index in [1.54, 1.807) is 16.2 Å². The van der Waals surface area contributed by atoms with Crippen molar-refractivity contribution in [2.24, 2.45) is 0 Å². The van der Waals surface area contributed by atoms with E-state index in [9.17, 15) is 4.79 Å². The summed E-state index contributed by atoms with van der Waals surface area (Å²) in [5, 5.41) is 1.20. The molecule has 1 aromatic carbocycles. The van der Waals surface area contributed by atoms with Crippen LogP contribution >= 0.6 is 59.3 Å². The van der Waals surface area contributed by atoms with Crippen molar-refractivity contribution >= 4 is 75.6 Å². The SMILES string of the molecule is Cc1cc(=[N+]2CCN(C(=O)OC(C)(C)C)CC2)cc2sc3cccc(C)c3nc1-2.I.I.[I-]. The van der Waals surface area contributed by atoms with Gasteiger partial charge in [0, 0.05) is 12.1 Å². The number of halogens is 3. The van der Waals surface area contributed by atoms with Crippen LogP contribution < -0.4 is 33.9 Å². The molecule has 32 heavy (non-hydrogen) atoms. The van der Waals surface area contributed by atoms with Gasteiger partial charge >= 0.3 is 6.09 Å². The molecule has 1 saturated heterocycles. The van der Waals surface area contributed by atoms with Crippen LogP contribution in [-0.4, -0.2) is 47.8 Å². The van der Waals surface area contributed by atoms with E-state index in [1.165, 1.54) is 26.1 Å². The van der Waals surface area contributed by atoms with Crippen LogP contribution in [0, 0.1) is 13.8 Å². The summed E-state index contributed by atoms with van der Waals surface area (Å²) in [6, 6.07) is 10.8. The predicted octanol–water partition coefficient (Wildman–Crippen LogP) is 2.28. The zero-order valence-electron chi connectivity index (χ0n) is 19.0. The van der Waals surface area contributed by atoms with Gasteiger partial charge in [0.25, 0.3) is 0 Å². The number of carbonyl (C=O) groups is 1. The van der Waals surface area contributed by atoms with Gasteiger partial charge < -0.3 is 28.7 Å². The smallest absolute Gasteiger partial charge is 0.410 e. The molecule has 4 rings (SSSR count). The fraction of sp³-hybridized carbons (Fsp3) is 0.435. The zero-order chi connectivity index (χ0) is 20.8. The highest BCUT2D eigenvalue weighted by molar-refractivity contribution is 14.0. The largest absolute Gasteiger partial charge is 1.00 e. The van der Waals surface area contributed by atoms with E-state index in [1.807, 2.05) is 20.8 Å². The lowest BCUT2D eigenvalue weighted by Crippen LogP contribution is -3.00. The first-order valence-electron chi connectivity index (χ1n) is 10.1. The van der Waals surface area contributed by atoms with E-state index in [4.69, 9.17) is 9.72 Å². The molecule has 0 bridgehead atoms. The van der Waals surface area contributed by atoms with E-state index in [-0.39, 0.29) is 78.0 Å². The molecule has 1 fully saturated rings. The molecule has 9 heteroatoms. The lowest BCUT2D eigenvalue weighted by atomic mass is 10.1. The maximum atomic E-state index is 12.3. The Morgan fingerprint density at radius 3 is 2.38 bits per heavy atom. The van der Waals surface area contributed by atoms with Crippen molar-refractivity contribution in [1.82, 2.24) is 14.5 Å². The second kappa shape index (κ2) is 11.9. The summed E-state index contributed by atoms with van der Waals surface area (Å²) in [7, 11) is 0. The highest BCUT2D eigenvalue weighted by Crippen LogP contribution is 2.32. The van der Waals surface area contributed by atoms with Crippen LogP contribution in [0.1, 0.15) is 31.9 Å². The van der Waals surface area contributed by atoms with Gasteiger partial charge in [-0.1, -0.05) is 12.1 Å². The molecule has 0 spiro atoms. The Labute approximate surface area is 245 Å². The summed E-state index contributed by atoms with van der Waals surface area (Å²) in [6.45, 7) is 12.9. The zero-order valence-corrected chi connectivity index (χ0v) is 26.6. The topological polar surface area (TPSA) is 45.4 Å². The van der Waals surface area contributed by atoms with Gasteiger partial charge in [-0.15, -0.1) is 59.3 Å². The van der Waals surface area contributed by atoms with E-state index >= 15 is 0 Å². The number of amides is 1. The van der Waals surface area contributed by atoms with Gasteiger partial charge in [-0.25, -0.2) is 14.4 Å². The molecule has 0 unspecified atom stereocenters. The average molecular weight is 793 g/mol. The lowest BCUT2D eigenvalue weighted by Gasteiger charge is -2.28. The minimum Gasteiger partial charge on any atom is -1.00 e. The molecule has 5 nitrogen and oxygen atoms in total. The Kier molecular flexibility index (Phi) is 11.1. The average Bonchev–Trinajstić information content (AvgIpc) is 2.66. The minimum atomic E-state index is -0.459. The van der Waals surface area contributed by atoms with Gasteiger partial charge in [0.2, 0.25) is 5.36 Å². The molecule has 1 aromatic rings. The molecule has 1 aliphatic carbocycles. The van der Waals surface area contributed by atoms with Gasteiger partial charge in [0.15, 0.2) is 13.1 Å². The third-order valence-corrected chi connectivity index (χ3v) is 6.27. The highest BCUT2D eigenvalue weighted by atomic mass is 127. The van der Waals surface area contributed by atoms with Crippen LogP contribution in [0.2, 0.25) is 0 Å².